The van der Waals surface area contributed by atoms with Crippen LogP contribution in [0.25, 0.3) is 0 Å². The summed E-state index contributed by atoms with van der Waals surface area (Å²) in [4.78, 5) is 3.89. The molecule has 0 aliphatic rings. The van der Waals surface area contributed by atoms with Crippen molar-refractivity contribution in [2.24, 2.45) is 0 Å². The molecule has 27 heavy (non-hydrogen) atoms. The first-order chi connectivity index (χ1) is 12.9. The van der Waals surface area contributed by atoms with Gasteiger partial charge in [0.2, 0.25) is 0 Å². The van der Waals surface area contributed by atoms with Gasteiger partial charge in [-0.2, -0.15) is 5.26 Å². The van der Waals surface area contributed by atoms with Crippen molar-refractivity contribution in [1.82, 2.24) is 4.98 Å². The van der Waals surface area contributed by atoms with Crippen molar-refractivity contribution in [1.29, 1.82) is 5.26 Å². The molecule has 0 atom stereocenters. The van der Waals surface area contributed by atoms with Crippen molar-refractivity contribution in [3.8, 4) is 6.07 Å². The van der Waals surface area contributed by atoms with Crippen LogP contribution in [0.15, 0.2) is 71.9 Å². The number of rotatable bonds is 5. The summed E-state index contributed by atoms with van der Waals surface area (Å²) in [5.41, 5.74) is 2.07. The number of aryl methyl sites for hydroxylation is 1. The van der Waals surface area contributed by atoms with Crippen LogP contribution in [0, 0.1) is 24.1 Å². The van der Waals surface area contributed by atoms with Crippen LogP contribution in [0.2, 0.25) is 0 Å². The van der Waals surface area contributed by atoms with Crippen LogP contribution in [0.4, 0.5) is 10.1 Å². The second-order valence-electron chi connectivity index (χ2n) is 5.95. The standard InChI is InChI=1S/C20H16FN3O2S/c1-15-2-7-20(17(12-15)13-22)24(14-16-8-10-23-11-9-16)27(25,26)19-5-3-18(21)4-6-19/h2-12H,14H2,1H3. The summed E-state index contributed by atoms with van der Waals surface area (Å²) in [5.74, 6) is -0.525. The number of anilines is 1. The molecule has 0 fully saturated rings. The molecule has 1 heterocycles. The summed E-state index contributed by atoms with van der Waals surface area (Å²) in [5, 5.41) is 9.50. The van der Waals surface area contributed by atoms with Gasteiger partial charge in [-0.15, -0.1) is 0 Å². The highest BCUT2D eigenvalue weighted by atomic mass is 32.2. The Labute approximate surface area is 157 Å². The van der Waals surface area contributed by atoms with Crippen LogP contribution < -0.4 is 4.31 Å². The number of hydrogen-bond donors (Lipinski definition) is 0. The molecule has 0 aliphatic carbocycles. The predicted octanol–water partition coefficient (Wildman–Crippen LogP) is 3.80. The van der Waals surface area contributed by atoms with Gasteiger partial charge in [0, 0.05) is 12.4 Å². The summed E-state index contributed by atoms with van der Waals surface area (Å²) in [6.07, 6.45) is 3.14. The minimum atomic E-state index is -4.02. The molecule has 0 amide bonds. The second-order valence-corrected chi connectivity index (χ2v) is 7.82. The maximum Gasteiger partial charge on any atom is 0.264 e. The maximum absolute atomic E-state index is 13.3. The van der Waals surface area contributed by atoms with Crippen LogP contribution in [-0.2, 0) is 16.6 Å². The topological polar surface area (TPSA) is 74.1 Å². The third-order valence-corrected chi connectivity index (χ3v) is 5.79. The highest BCUT2D eigenvalue weighted by molar-refractivity contribution is 7.92. The van der Waals surface area contributed by atoms with E-state index >= 15 is 0 Å². The number of benzene rings is 2. The van der Waals surface area contributed by atoms with E-state index in [1.165, 1.54) is 12.1 Å². The van der Waals surface area contributed by atoms with Crippen molar-refractivity contribution in [2.75, 3.05) is 4.31 Å². The van der Waals surface area contributed by atoms with Crippen LogP contribution >= 0.6 is 0 Å². The van der Waals surface area contributed by atoms with Gasteiger partial charge in [0.05, 0.1) is 22.7 Å². The van der Waals surface area contributed by atoms with Gasteiger partial charge < -0.3 is 0 Å². The van der Waals surface area contributed by atoms with Gasteiger partial charge in [-0.25, -0.2) is 12.8 Å². The Hall–Kier alpha value is -3.24. The van der Waals surface area contributed by atoms with Crippen LogP contribution in [0.3, 0.4) is 0 Å². The third kappa shape index (κ3) is 3.96. The normalized spacial score (nSPS) is 11.0. The average molecular weight is 381 g/mol. The van der Waals surface area contributed by atoms with E-state index in [0.29, 0.717) is 5.56 Å². The van der Waals surface area contributed by atoms with Crippen molar-refractivity contribution < 1.29 is 12.8 Å². The molecule has 0 bridgehead atoms. The maximum atomic E-state index is 13.3. The zero-order valence-corrected chi connectivity index (χ0v) is 15.3. The first kappa shape index (κ1) is 18.5. The molecular weight excluding hydrogens is 365 g/mol. The average Bonchev–Trinajstić information content (AvgIpc) is 2.67. The van der Waals surface area contributed by atoms with Crippen molar-refractivity contribution >= 4 is 15.7 Å². The van der Waals surface area contributed by atoms with Gasteiger partial charge in [-0.1, -0.05) is 6.07 Å². The van der Waals surface area contributed by atoms with Crippen LogP contribution in [0.1, 0.15) is 16.7 Å². The van der Waals surface area contributed by atoms with Gasteiger partial charge in [-0.05, 0) is 66.6 Å². The molecular formula is C20H16FN3O2S. The lowest BCUT2D eigenvalue weighted by Gasteiger charge is -2.25. The molecule has 0 saturated carbocycles. The fourth-order valence-electron chi connectivity index (χ4n) is 2.64. The van der Waals surface area contributed by atoms with E-state index in [1.807, 2.05) is 6.92 Å². The molecule has 0 aliphatic heterocycles. The molecule has 5 nitrogen and oxygen atoms in total. The highest BCUT2D eigenvalue weighted by Crippen LogP contribution is 2.29. The lowest BCUT2D eigenvalue weighted by molar-refractivity contribution is 0.589. The second kappa shape index (κ2) is 7.56. The Morgan fingerprint density at radius 2 is 1.74 bits per heavy atom. The number of pyridine rings is 1. The lowest BCUT2D eigenvalue weighted by Crippen LogP contribution is -2.31. The predicted molar refractivity (Wildman–Crippen MR) is 99.9 cm³/mol. The fraction of sp³-hybridized carbons (Fsp3) is 0.100. The molecule has 0 spiro atoms. The molecule has 3 rings (SSSR count). The number of aromatic nitrogens is 1. The van der Waals surface area contributed by atoms with Gasteiger partial charge in [0.1, 0.15) is 11.9 Å². The Morgan fingerprint density at radius 1 is 1.07 bits per heavy atom. The first-order valence-corrected chi connectivity index (χ1v) is 9.54. The highest BCUT2D eigenvalue weighted by Gasteiger charge is 2.27. The zero-order chi connectivity index (χ0) is 19.4. The van der Waals surface area contributed by atoms with Crippen molar-refractivity contribution in [2.45, 2.75) is 18.4 Å². The van der Waals surface area contributed by atoms with Crippen LogP contribution in [-0.4, -0.2) is 13.4 Å². The van der Waals surface area contributed by atoms with E-state index in [-0.39, 0.29) is 22.7 Å². The quantitative estimate of drug-likeness (QED) is 0.674. The molecule has 0 N–H and O–H groups in total. The number of hydrogen-bond acceptors (Lipinski definition) is 4. The summed E-state index contributed by atoms with van der Waals surface area (Å²) >= 11 is 0. The van der Waals surface area contributed by atoms with Gasteiger partial charge in [0.25, 0.3) is 10.0 Å². The van der Waals surface area contributed by atoms with E-state index in [1.54, 1.807) is 42.7 Å². The molecule has 7 heteroatoms. The van der Waals surface area contributed by atoms with Crippen LogP contribution in [0.5, 0.6) is 0 Å². The van der Waals surface area contributed by atoms with E-state index in [9.17, 15) is 18.1 Å². The number of halogens is 1. The SMILES string of the molecule is Cc1ccc(N(Cc2ccncc2)S(=O)(=O)c2ccc(F)cc2)c(C#N)c1. The Kier molecular flexibility index (Phi) is 5.19. The first-order valence-electron chi connectivity index (χ1n) is 8.10. The lowest BCUT2D eigenvalue weighted by atomic mass is 10.1. The summed E-state index contributed by atoms with van der Waals surface area (Å²) in [6, 6.07) is 15.1. The molecule has 1 aromatic heterocycles. The van der Waals surface area contributed by atoms with E-state index < -0.39 is 15.8 Å². The zero-order valence-electron chi connectivity index (χ0n) is 14.5. The monoisotopic (exact) mass is 381 g/mol. The van der Waals surface area contributed by atoms with Gasteiger partial charge >= 0.3 is 0 Å². The van der Waals surface area contributed by atoms with Gasteiger partial charge in [0.15, 0.2) is 0 Å². The third-order valence-electron chi connectivity index (χ3n) is 4.02. The summed E-state index contributed by atoms with van der Waals surface area (Å²) < 4.78 is 41.0. The molecule has 0 saturated heterocycles. The number of sulfonamides is 1. The summed E-state index contributed by atoms with van der Waals surface area (Å²) in [6.45, 7) is 1.84. The molecule has 2 aromatic carbocycles. The minimum absolute atomic E-state index is 0.0139. The largest absolute Gasteiger partial charge is 0.265 e. The van der Waals surface area contributed by atoms with Gasteiger partial charge in [-0.3, -0.25) is 9.29 Å². The Morgan fingerprint density at radius 3 is 2.37 bits per heavy atom. The Bertz CT molecular complexity index is 1090. The van der Waals surface area contributed by atoms with Crippen molar-refractivity contribution in [3.05, 3.63) is 89.5 Å². The number of nitrogens with zero attached hydrogens (tertiary/aromatic N) is 3. The molecule has 0 radical (unpaired) electrons. The summed E-state index contributed by atoms with van der Waals surface area (Å²) in [7, 11) is -4.02. The van der Waals surface area contributed by atoms with E-state index in [2.05, 4.69) is 11.1 Å². The molecule has 3 aromatic rings. The molecule has 0 unspecified atom stereocenters. The fourth-order valence-corrected chi connectivity index (χ4v) is 4.12. The van der Waals surface area contributed by atoms with Crippen molar-refractivity contribution in [3.63, 3.8) is 0 Å². The molecule has 136 valence electrons. The minimum Gasteiger partial charge on any atom is -0.265 e. The Balaban J connectivity index is 2.16. The number of nitriles is 1. The van der Waals surface area contributed by atoms with E-state index in [0.717, 1.165) is 22.0 Å². The smallest absolute Gasteiger partial charge is 0.264 e. The van der Waals surface area contributed by atoms with E-state index in [4.69, 9.17) is 0 Å².